The molecule has 3 amide bonds. The first-order valence-electron chi connectivity index (χ1n) is 8.71. The molecule has 12 heteroatoms. The van der Waals surface area contributed by atoms with Crippen molar-refractivity contribution in [1.29, 1.82) is 0 Å². The van der Waals surface area contributed by atoms with Crippen molar-refractivity contribution in [2.75, 3.05) is 20.3 Å². The van der Waals surface area contributed by atoms with Crippen LogP contribution in [0.4, 0.5) is 5.69 Å². The van der Waals surface area contributed by atoms with Crippen LogP contribution in [0, 0.1) is 10.1 Å². The molecule has 0 saturated heterocycles. The Morgan fingerprint density at radius 2 is 1.48 bits per heavy atom. The predicted octanol–water partition coefficient (Wildman–Crippen LogP) is 0.338. The molecular weight excluding hydrogens is 412 g/mol. The molecule has 0 aromatic heterocycles. The van der Waals surface area contributed by atoms with Crippen molar-refractivity contribution in [3.63, 3.8) is 0 Å². The van der Waals surface area contributed by atoms with Crippen LogP contribution in [0.15, 0.2) is 48.5 Å². The van der Waals surface area contributed by atoms with E-state index in [1.165, 1.54) is 31.4 Å². The number of hydrazine groups is 1. The van der Waals surface area contributed by atoms with E-state index in [0.29, 0.717) is 11.3 Å². The van der Waals surface area contributed by atoms with Gasteiger partial charge >= 0.3 is 5.97 Å². The minimum absolute atomic E-state index is 0.0733. The summed E-state index contributed by atoms with van der Waals surface area (Å²) >= 11 is 0. The van der Waals surface area contributed by atoms with Gasteiger partial charge in [0.2, 0.25) is 0 Å². The number of nitro groups is 1. The topological polar surface area (TPSA) is 166 Å². The highest BCUT2D eigenvalue weighted by Crippen LogP contribution is 2.12. The molecule has 12 nitrogen and oxygen atoms in total. The van der Waals surface area contributed by atoms with E-state index in [0.717, 1.165) is 12.1 Å². The van der Waals surface area contributed by atoms with E-state index in [1.54, 1.807) is 12.1 Å². The minimum atomic E-state index is -0.862. The van der Waals surface area contributed by atoms with Gasteiger partial charge in [-0.2, -0.15) is 0 Å². The minimum Gasteiger partial charge on any atom is -0.497 e. The number of nitrogens with zero attached hydrogens (tertiary/aromatic N) is 1. The predicted molar refractivity (Wildman–Crippen MR) is 105 cm³/mol. The van der Waals surface area contributed by atoms with E-state index >= 15 is 0 Å². The lowest BCUT2D eigenvalue weighted by Gasteiger charge is -2.09. The zero-order chi connectivity index (χ0) is 22.8. The van der Waals surface area contributed by atoms with Gasteiger partial charge in [-0.1, -0.05) is 0 Å². The summed E-state index contributed by atoms with van der Waals surface area (Å²) in [5.74, 6) is -2.35. The summed E-state index contributed by atoms with van der Waals surface area (Å²) < 4.78 is 9.67. The number of hydrogen-bond donors (Lipinski definition) is 3. The molecule has 0 radical (unpaired) electrons. The number of nitro benzene ring substituents is 1. The lowest BCUT2D eigenvalue weighted by Crippen LogP contribution is -2.44. The third kappa shape index (κ3) is 7.12. The fourth-order valence-electron chi connectivity index (χ4n) is 2.16. The van der Waals surface area contributed by atoms with Gasteiger partial charge < -0.3 is 14.8 Å². The van der Waals surface area contributed by atoms with E-state index in [1.807, 2.05) is 5.43 Å². The molecule has 0 unspecified atom stereocenters. The number of methoxy groups -OCH3 is 1. The molecule has 0 saturated carbocycles. The maximum atomic E-state index is 11.9. The van der Waals surface area contributed by atoms with Crippen molar-refractivity contribution in [1.82, 2.24) is 16.2 Å². The van der Waals surface area contributed by atoms with Gasteiger partial charge in [0, 0.05) is 23.3 Å². The fraction of sp³-hybridized carbons (Fsp3) is 0.158. The van der Waals surface area contributed by atoms with Gasteiger partial charge in [-0.3, -0.25) is 40.1 Å². The van der Waals surface area contributed by atoms with E-state index in [-0.39, 0.29) is 11.3 Å². The summed E-state index contributed by atoms with van der Waals surface area (Å²) in [5.41, 5.74) is 4.29. The SMILES string of the molecule is COc1ccc(C(=O)NCC(=O)OCC(=O)NNC(=O)c2ccc([N+](=O)[O-])cc2)cc1. The molecule has 31 heavy (non-hydrogen) atoms. The average molecular weight is 430 g/mol. The molecule has 2 aromatic carbocycles. The summed E-state index contributed by atoms with van der Waals surface area (Å²) in [7, 11) is 1.49. The van der Waals surface area contributed by atoms with E-state index in [4.69, 9.17) is 9.47 Å². The van der Waals surface area contributed by atoms with Crippen molar-refractivity contribution in [2.24, 2.45) is 0 Å². The van der Waals surface area contributed by atoms with Gasteiger partial charge in [0.1, 0.15) is 12.3 Å². The molecule has 0 heterocycles. The first-order chi connectivity index (χ1) is 14.8. The Hall–Kier alpha value is -4.48. The lowest BCUT2D eigenvalue weighted by atomic mass is 10.2. The Bertz CT molecular complexity index is 973. The second-order valence-corrected chi connectivity index (χ2v) is 5.88. The monoisotopic (exact) mass is 430 g/mol. The number of esters is 1. The summed E-state index contributed by atoms with van der Waals surface area (Å²) in [6.45, 7) is -1.16. The number of ether oxygens (including phenoxy) is 2. The van der Waals surface area contributed by atoms with Gasteiger partial charge in [0.15, 0.2) is 6.61 Å². The standard InChI is InChI=1S/C19H18N4O8/c1-30-15-8-4-12(5-9-15)18(26)20-10-17(25)31-11-16(24)21-22-19(27)13-2-6-14(7-3-13)23(28)29/h2-9H,10-11H2,1H3,(H,20,26)(H,21,24)(H,22,27). The molecule has 0 bridgehead atoms. The molecule has 162 valence electrons. The molecule has 2 aromatic rings. The second-order valence-electron chi connectivity index (χ2n) is 5.88. The quantitative estimate of drug-likeness (QED) is 0.306. The molecule has 0 spiro atoms. The third-order valence-electron chi connectivity index (χ3n) is 3.77. The number of amides is 3. The fourth-order valence-corrected chi connectivity index (χ4v) is 2.16. The molecule has 0 fully saturated rings. The Balaban J connectivity index is 1.69. The average Bonchev–Trinajstić information content (AvgIpc) is 2.79. The van der Waals surface area contributed by atoms with Crippen LogP contribution in [0.5, 0.6) is 5.75 Å². The Morgan fingerprint density at radius 3 is 2.06 bits per heavy atom. The van der Waals surface area contributed by atoms with E-state index in [2.05, 4.69) is 10.7 Å². The van der Waals surface area contributed by atoms with Gasteiger partial charge in [-0.15, -0.1) is 0 Å². The summed E-state index contributed by atoms with van der Waals surface area (Å²) in [6, 6.07) is 10.9. The van der Waals surface area contributed by atoms with Gasteiger partial charge in [0.25, 0.3) is 23.4 Å². The van der Waals surface area contributed by atoms with Crippen LogP contribution in [-0.4, -0.2) is 48.9 Å². The summed E-state index contributed by atoms with van der Waals surface area (Å²) in [5, 5.41) is 12.9. The molecule has 0 aliphatic carbocycles. The van der Waals surface area contributed by atoms with Crippen LogP contribution in [0.25, 0.3) is 0 Å². The van der Waals surface area contributed by atoms with Crippen molar-refractivity contribution in [3.05, 3.63) is 69.8 Å². The van der Waals surface area contributed by atoms with Crippen molar-refractivity contribution >= 4 is 29.4 Å². The number of carbonyl (C=O) groups is 4. The number of non-ortho nitro benzene ring substituents is 1. The summed E-state index contributed by atoms with van der Waals surface area (Å²) in [6.07, 6.45) is 0. The lowest BCUT2D eigenvalue weighted by molar-refractivity contribution is -0.384. The first kappa shape index (κ1) is 22.8. The molecule has 0 aliphatic rings. The van der Waals surface area contributed by atoms with Gasteiger partial charge in [-0.05, 0) is 36.4 Å². The Labute approximate surface area is 175 Å². The second kappa shape index (κ2) is 10.9. The van der Waals surface area contributed by atoms with Crippen LogP contribution in [-0.2, 0) is 14.3 Å². The Kier molecular flexibility index (Phi) is 8.02. The Morgan fingerprint density at radius 1 is 0.903 bits per heavy atom. The van der Waals surface area contributed by atoms with E-state index in [9.17, 15) is 29.3 Å². The highest BCUT2D eigenvalue weighted by Gasteiger charge is 2.13. The van der Waals surface area contributed by atoms with Crippen LogP contribution in [0.2, 0.25) is 0 Å². The smallest absolute Gasteiger partial charge is 0.325 e. The highest BCUT2D eigenvalue weighted by molar-refractivity contribution is 5.97. The molecule has 2 rings (SSSR count). The molecule has 0 atom stereocenters. The molecule has 3 N–H and O–H groups in total. The summed E-state index contributed by atoms with van der Waals surface area (Å²) in [4.78, 5) is 57.1. The van der Waals surface area contributed by atoms with Crippen LogP contribution >= 0.6 is 0 Å². The van der Waals surface area contributed by atoms with Crippen LogP contribution in [0.3, 0.4) is 0 Å². The zero-order valence-electron chi connectivity index (χ0n) is 16.2. The third-order valence-corrected chi connectivity index (χ3v) is 3.77. The number of nitrogens with one attached hydrogen (secondary N) is 3. The zero-order valence-corrected chi connectivity index (χ0v) is 16.2. The maximum absolute atomic E-state index is 11.9. The maximum Gasteiger partial charge on any atom is 0.325 e. The number of hydrogen-bond acceptors (Lipinski definition) is 8. The van der Waals surface area contributed by atoms with Gasteiger partial charge in [0.05, 0.1) is 12.0 Å². The van der Waals surface area contributed by atoms with Crippen molar-refractivity contribution < 1.29 is 33.6 Å². The van der Waals surface area contributed by atoms with Gasteiger partial charge in [-0.25, -0.2) is 0 Å². The number of rotatable bonds is 8. The largest absolute Gasteiger partial charge is 0.497 e. The number of benzene rings is 2. The van der Waals surface area contributed by atoms with Crippen LogP contribution < -0.4 is 20.9 Å². The van der Waals surface area contributed by atoms with Crippen LogP contribution in [0.1, 0.15) is 20.7 Å². The first-order valence-corrected chi connectivity index (χ1v) is 8.71. The van der Waals surface area contributed by atoms with E-state index < -0.39 is 41.8 Å². The number of carbonyl (C=O) groups excluding carboxylic acids is 4. The van der Waals surface area contributed by atoms with Crippen molar-refractivity contribution in [2.45, 2.75) is 0 Å². The highest BCUT2D eigenvalue weighted by atomic mass is 16.6. The van der Waals surface area contributed by atoms with Crippen molar-refractivity contribution in [3.8, 4) is 5.75 Å². The molecular formula is C19H18N4O8. The normalized spacial score (nSPS) is 9.84. The molecule has 0 aliphatic heterocycles.